The number of hydrogen-bond donors (Lipinski definition) is 1. The van der Waals surface area contributed by atoms with Crippen LogP contribution in [0.15, 0.2) is 10.7 Å². The molecule has 14 heavy (non-hydrogen) atoms. The predicted octanol–water partition coefficient (Wildman–Crippen LogP) is 1.64. The summed E-state index contributed by atoms with van der Waals surface area (Å²) in [5.74, 6) is 0.687. The lowest BCUT2D eigenvalue weighted by atomic mass is 9.86. The van der Waals surface area contributed by atoms with Gasteiger partial charge in [0.2, 0.25) is 0 Å². The van der Waals surface area contributed by atoms with Crippen LogP contribution in [0.1, 0.15) is 30.6 Å². The second-order valence-corrected chi connectivity index (χ2v) is 3.82. The highest BCUT2D eigenvalue weighted by Crippen LogP contribution is 2.27. The molecule has 0 fully saturated rings. The summed E-state index contributed by atoms with van der Waals surface area (Å²) in [5.41, 5.74) is 1.19. The summed E-state index contributed by atoms with van der Waals surface area (Å²) in [4.78, 5) is 10.4. The van der Waals surface area contributed by atoms with Crippen LogP contribution in [0.4, 0.5) is 0 Å². The summed E-state index contributed by atoms with van der Waals surface area (Å²) in [6.45, 7) is 0. The van der Waals surface area contributed by atoms with E-state index in [1.54, 1.807) is 6.20 Å². The number of aryl methyl sites for hydroxylation is 1. The van der Waals surface area contributed by atoms with Crippen molar-refractivity contribution in [2.45, 2.75) is 32.1 Å². The highest BCUT2D eigenvalue weighted by Gasteiger charge is 2.22. The maximum Gasteiger partial charge on any atom is 0.303 e. The minimum Gasteiger partial charge on any atom is -0.481 e. The van der Waals surface area contributed by atoms with Crippen molar-refractivity contribution in [1.82, 2.24) is 5.16 Å². The van der Waals surface area contributed by atoms with Crippen molar-refractivity contribution >= 4 is 5.97 Å². The number of fused-ring (bicyclic) bond motifs is 1. The molecule has 0 saturated carbocycles. The lowest BCUT2D eigenvalue weighted by Gasteiger charge is -2.19. The first kappa shape index (κ1) is 9.24. The van der Waals surface area contributed by atoms with Gasteiger partial charge in [-0.25, -0.2) is 0 Å². The summed E-state index contributed by atoms with van der Waals surface area (Å²) in [6, 6.07) is 0. The monoisotopic (exact) mass is 195 g/mol. The third kappa shape index (κ3) is 1.95. The van der Waals surface area contributed by atoms with E-state index >= 15 is 0 Å². The average molecular weight is 195 g/mol. The van der Waals surface area contributed by atoms with E-state index in [2.05, 4.69) is 5.16 Å². The smallest absolute Gasteiger partial charge is 0.303 e. The molecular weight excluding hydrogens is 182 g/mol. The Balaban J connectivity index is 1.91. The number of carbonyl (C=O) groups is 1. The topological polar surface area (TPSA) is 63.3 Å². The van der Waals surface area contributed by atoms with Crippen molar-refractivity contribution in [3.63, 3.8) is 0 Å². The molecule has 1 atom stereocenters. The van der Waals surface area contributed by atoms with Crippen LogP contribution in [0, 0.1) is 5.92 Å². The standard InChI is InChI=1S/C10H13NO3/c12-10(13)4-2-7-1-3-8-6-11-14-9(8)5-7/h6-7H,1-5H2,(H,12,13). The van der Waals surface area contributed by atoms with Crippen LogP contribution in [0.5, 0.6) is 0 Å². The molecular formula is C10H13NO3. The Hall–Kier alpha value is -1.32. The van der Waals surface area contributed by atoms with Crippen molar-refractivity contribution < 1.29 is 14.4 Å². The van der Waals surface area contributed by atoms with Gasteiger partial charge in [0.05, 0.1) is 6.20 Å². The summed E-state index contributed by atoms with van der Waals surface area (Å²) in [5, 5.41) is 12.3. The van der Waals surface area contributed by atoms with Gasteiger partial charge in [-0.1, -0.05) is 5.16 Å². The fraction of sp³-hybridized carbons (Fsp3) is 0.600. The molecule has 0 aromatic carbocycles. The normalized spacial score (nSPS) is 20.4. The van der Waals surface area contributed by atoms with Gasteiger partial charge in [-0.15, -0.1) is 0 Å². The highest BCUT2D eigenvalue weighted by molar-refractivity contribution is 5.66. The zero-order valence-electron chi connectivity index (χ0n) is 7.90. The number of nitrogens with zero attached hydrogens (tertiary/aromatic N) is 1. The molecule has 2 rings (SSSR count). The van der Waals surface area contributed by atoms with Gasteiger partial charge in [-0.2, -0.15) is 0 Å². The van der Waals surface area contributed by atoms with Crippen LogP contribution < -0.4 is 0 Å². The fourth-order valence-corrected chi connectivity index (χ4v) is 1.95. The van der Waals surface area contributed by atoms with Crippen molar-refractivity contribution in [2.24, 2.45) is 5.92 Å². The maximum absolute atomic E-state index is 10.4. The predicted molar refractivity (Wildman–Crippen MR) is 48.9 cm³/mol. The Bertz CT molecular complexity index is 332. The summed E-state index contributed by atoms with van der Waals surface area (Å²) >= 11 is 0. The van der Waals surface area contributed by atoms with Gasteiger partial charge >= 0.3 is 5.97 Å². The molecule has 1 aliphatic rings. The summed E-state index contributed by atoms with van der Waals surface area (Å²) in [6.07, 6.45) is 5.65. The van der Waals surface area contributed by atoms with Crippen molar-refractivity contribution in [3.05, 3.63) is 17.5 Å². The Morgan fingerprint density at radius 1 is 1.71 bits per heavy atom. The molecule has 4 heteroatoms. The number of carboxylic acid groups (broad SMARTS) is 1. The molecule has 76 valence electrons. The molecule has 1 aromatic rings. The summed E-state index contributed by atoms with van der Waals surface area (Å²) < 4.78 is 5.10. The summed E-state index contributed by atoms with van der Waals surface area (Å²) in [7, 11) is 0. The zero-order valence-corrected chi connectivity index (χ0v) is 7.90. The number of carboxylic acids is 1. The lowest BCUT2D eigenvalue weighted by molar-refractivity contribution is -0.137. The van der Waals surface area contributed by atoms with Crippen molar-refractivity contribution in [3.8, 4) is 0 Å². The molecule has 1 heterocycles. The van der Waals surface area contributed by atoms with E-state index in [-0.39, 0.29) is 6.42 Å². The second kappa shape index (κ2) is 3.82. The molecule has 0 aliphatic heterocycles. The van der Waals surface area contributed by atoms with Crippen LogP contribution >= 0.6 is 0 Å². The van der Waals surface area contributed by atoms with Crippen LogP contribution in [0.25, 0.3) is 0 Å². The molecule has 0 radical (unpaired) electrons. The minimum atomic E-state index is -0.714. The molecule has 0 bridgehead atoms. The highest BCUT2D eigenvalue weighted by atomic mass is 16.5. The number of aliphatic carboxylic acids is 1. The largest absolute Gasteiger partial charge is 0.481 e. The van der Waals surface area contributed by atoms with Crippen molar-refractivity contribution in [1.29, 1.82) is 0 Å². The fourth-order valence-electron chi connectivity index (χ4n) is 1.95. The quantitative estimate of drug-likeness (QED) is 0.796. The van der Waals surface area contributed by atoms with E-state index < -0.39 is 5.97 Å². The number of rotatable bonds is 3. The Morgan fingerprint density at radius 2 is 2.57 bits per heavy atom. The van der Waals surface area contributed by atoms with Gasteiger partial charge in [-0.05, 0) is 25.2 Å². The van der Waals surface area contributed by atoms with Crippen LogP contribution in [0.2, 0.25) is 0 Å². The van der Waals surface area contributed by atoms with Gasteiger partial charge in [0.25, 0.3) is 0 Å². The molecule has 4 nitrogen and oxygen atoms in total. The Kier molecular flexibility index (Phi) is 2.52. The second-order valence-electron chi connectivity index (χ2n) is 3.82. The maximum atomic E-state index is 10.4. The first-order valence-electron chi connectivity index (χ1n) is 4.90. The van der Waals surface area contributed by atoms with E-state index in [0.29, 0.717) is 5.92 Å². The van der Waals surface area contributed by atoms with E-state index in [4.69, 9.17) is 9.63 Å². The number of hydrogen-bond acceptors (Lipinski definition) is 3. The van der Waals surface area contributed by atoms with E-state index in [1.807, 2.05) is 0 Å². The van der Waals surface area contributed by atoms with Gasteiger partial charge in [0.1, 0.15) is 5.76 Å². The van der Waals surface area contributed by atoms with Crippen LogP contribution in [0.3, 0.4) is 0 Å². The van der Waals surface area contributed by atoms with E-state index in [1.165, 1.54) is 5.56 Å². The van der Waals surface area contributed by atoms with Gasteiger partial charge in [-0.3, -0.25) is 4.79 Å². The van der Waals surface area contributed by atoms with Crippen molar-refractivity contribution in [2.75, 3.05) is 0 Å². The van der Waals surface area contributed by atoms with Crippen LogP contribution in [-0.4, -0.2) is 16.2 Å². The zero-order chi connectivity index (χ0) is 9.97. The van der Waals surface area contributed by atoms with E-state index in [9.17, 15) is 4.79 Å². The third-order valence-corrected chi connectivity index (χ3v) is 2.79. The SMILES string of the molecule is O=C(O)CCC1CCc2cnoc2C1. The Labute approximate surface area is 81.9 Å². The molecule has 0 amide bonds. The van der Waals surface area contributed by atoms with Gasteiger partial charge < -0.3 is 9.63 Å². The average Bonchev–Trinajstić information content (AvgIpc) is 2.61. The first-order chi connectivity index (χ1) is 6.75. The van der Waals surface area contributed by atoms with Gasteiger partial charge in [0, 0.05) is 18.4 Å². The molecule has 1 aliphatic carbocycles. The third-order valence-electron chi connectivity index (χ3n) is 2.79. The Morgan fingerprint density at radius 3 is 3.36 bits per heavy atom. The van der Waals surface area contributed by atoms with E-state index in [0.717, 1.165) is 31.4 Å². The first-order valence-corrected chi connectivity index (χ1v) is 4.90. The minimum absolute atomic E-state index is 0.258. The molecule has 1 N–H and O–H groups in total. The molecule has 1 aromatic heterocycles. The molecule has 0 saturated heterocycles. The molecule has 1 unspecified atom stereocenters. The number of aromatic nitrogens is 1. The lowest BCUT2D eigenvalue weighted by Crippen LogP contribution is -2.14. The molecule has 0 spiro atoms. The van der Waals surface area contributed by atoms with Crippen LogP contribution in [-0.2, 0) is 17.6 Å². The van der Waals surface area contributed by atoms with Gasteiger partial charge in [0.15, 0.2) is 0 Å².